The van der Waals surface area contributed by atoms with Crippen LogP contribution in [0.25, 0.3) is 0 Å². The quantitative estimate of drug-likeness (QED) is 0.755. The van der Waals surface area contributed by atoms with Gasteiger partial charge in [-0.05, 0) is 18.8 Å². The summed E-state index contributed by atoms with van der Waals surface area (Å²) in [6.45, 7) is 6.31. The van der Waals surface area contributed by atoms with Crippen LogP contribution in [0, 0.1) is 5.92 Å². The summed E-state index contributed by atoms with van der Waals surface area (Å²) in [5, 5.41) is 0. The molecule has 0 unspecified atom stereocenters. The number of rotatable bonds is 7. The Labute approximate surface area is 111 Å². The summed E-state index contributed by atoms with van der Waals surface area (Å²) >= 11 is 0. The number of hydrogen-bond donors (Lipinski definition) is 1. The Morgan fingerprint density at radius 3 is 2.50 bits per heavy atom. The summed E-state index contributed by atoms with van der Waals surface area (Å²) < 4.78 is 5.07. The Bertz CT molecular complexity index is 261. The van der Waals surface area contributed by atoms with E-state index in [1.807, 2.05) is 4.90 Å². The number of amides is 1. The lowest BCUT2D eigenvalue weighted by molar-refractivity contribution is -0.133. The molecule has 4 nitrogen and oxygen atoms in total. The Morgan fingerprint density at radius 2 is 2.00 bits per heavy atom. The minimum absolute atomic E-state index is 0.185. The molecule has 0 heterocycles. The van der Waals surface area contributed by atoms with E-state index in [1.54, 1.807) is 7.11 Å². The van der Waals surface area contributed by atoms with Crippen molar-refractivity contribution >= 4 is 5.91 Å². The van der Waals surface area contributed by atoms with Crippen molar-refractivity contribution in [3.63, 3.8) is 0 Å². The van der Waals surface area contributed by atoms with Gasteiger partial charge in [0.2, 0.25) is 5.91 Å². The minimum atomic E-state index is -0.251. The van der Waals surface area contributed by atoms with E-state index < -0.39 is 0 Å². The highest BCUT2D eigenvalue weighted by atomic mass is 16.5. The van der Waals surface area contributed by atoms with Crippen molar-refractivity contribution in [3.8, 4) is 0 Å². The molecular formula is C14H28N2O2. The van der Waals surface area contributed by atoms with Gasteiger partial charge in [0.15, 0.2) is 0 Å². The van der Waals surface area contributed by atoms with Gasteiger partial charge >= 0.3 is 0 Å². The summed E-state index contributed by atoms with van der Waals surface area (Å²) in [5.74, 6) is 0.660. The molecule has 1 fully saturated rings. The van der Waals surface area contributed by atoms with Crippen LogP contribution in [0.15, 0.2) is 0 Å². The van der Waals surface area contributed by atoms with Gasteiger partial charge in [0.1, 0.15) is 0 Å². The van der Waals surface area contributed by atoms with Crippen molar-refractivity contribution in [1.29, 1.82) is 0 Å². The van der Waals surface area contributed by atoms with E-state index in [2.05, 4.69) is 13.8 Å². The molecule has 1 saturated carbocycles. The first kappa shape index (κ1) is 15.4. The van der Waals surface area contributed by atoms with Crippen LogP contribution in [0.2, 0.25) is 0 Å². The lowest BCUT2D eigenvalue weighted by atomic mass is 9.94. The van der Waals surface area contributed by atoms with Gasteiger partial charge in [-0.1, -0.05) is 26.7 Å². The van der Waals surface area contributed by atoms with Gasteiger partial charge in [-0.3, -0.25) is 4.79 Å². The highest BCUT2D eigenvalue weighted by Crippen LogP contribution is 2.30. The van der Waals surface area contributed by atoms with E-state index >= 15 is 0 Å². The molecule has 0 spiro atoms. The fourth-order valence-electron chi connectivity index (χ4n) is 2.63. The van der Waals surface area contributed by atoms with Crippen molar-refractivity contribution in [2.75, 3.05) is 26.8 Å². The topological polar surface area (TPSA) is 55.6 Å². The molecule has 0 bridgehead atoms. The lowest BCUT2D eigenvalue weighted by Crippen LogP contribution is -2.45. The van der Waals surface area contributed by atoms with Crippen molar-refractivity contribution in [2.24, 2.45) is 11.7 Å². The zero-order valence-corrected chi connectivity index (χ0v) is 12.1. The molecule has 2 N–H and O–H groups in total. The van der Waals surface area contributed by atoms with E-state index in [-0.39, 0.29) is 11.4 Å². The van der Waals surface area contributed by atoms with E-state index in [0.717, 1.165) is 32.2 Å². The fourth-order valence-corrected chi connectivity index (χ4v) is 2.63. The second-order valence-electron chi connectivity index (χ2n) is 5.97. The van der Waals surface area contributed by atoms with E-state index in [4.69, 9.17) is 10.5 Å². The molecule has 0 aromatic carbocycles. The summed E-state index contributed by atoms with van der Waals surface area (Å²) in [7, 11) is 1.67. The van der Waals surface area contributed by atoms with Crippen molar-refractivity contribution in [1.82, 2.24) is 4.90 Å². The van der Waals surface area contributed by atoms with Gasteiger partial charge in [0, 0.05) is 32.2 Å². The maximum absolute atomic E-state index is 12.3. The van der Waals surface area contributed by atoms with Gasteiger partial charge in [-0.25, -0.2) is 0 Å². The summed E-state index contributed by atoms with van der Waals surface area (Å²) in [6.07, 6.45) is 4.78. The first-order valence-electron chi connectivity index (χ1n) is 7.02. The molecule has 1 rings (SSSR count). The van der Waals surface area contributed by atoms with Crippen LogP contribution in [0.5, 0.6) is 0 Å². The molecule has 0 atom stereocenters. The first-order valence-corrected chi connectivity index (χ1v) is 7.02. The molecule has 0 aromatic rings. The third kappa shape index (κ3) is 4.94. The smallest absolute Gasteiger partial charge is 0.224 e. The Balaban J connectivity index is 2.51. The van der Waals surface area contributed by atoms with Crippen LogP contribution in [0.3, 0.4) is 0 Å². The molecule has 1 aliphatic carbocycles. The number of hydrogen-bond acceptors (Lipinski definition) is 3. The second-order valence-corrected chi connectivity index (χ2v) is 5.97. The predicted octanol–water partition coefficient (Wildman–Crippen LogP) is 1.78. The van der Waals surface area contributed by atoms with Crippen LogP contribution in [-0.4, -0.2) is 43.2 Å². The Kier molecular flexibility index (Phi) is 6.09. The summed E-state index contributed by atoms with van der Waals surface area (Å²) in [5.41, 5.74) is 6.03. The van der Waals surface area contributed by atoms with Crippen LogP contribution in [0.1, 0.15) is 46.0 Å². The van der Waals surface area contributed by atoms with E-state index in [9.17, 15) is 4.79 Å². The van der Waals surface area contributed by atoms with Crippen LogP contribution in [-0.2, 0) is 9.53 Å². The molecule has 4 heteroatoms. The van der Waals surface area contributed by atoms with Gasteiger partial charge in [0.25, 0.3) is 0 Å². The first-order chi connectivity index (χ1) is 8.47. The number of methoxy groups -OCH3 is 1. The van der Waals surface area contributed by atoms with E-state index in [1.165, 1.54) is 0 Å². The fraction of sp³-hybridized carbons (Fsp3) is 0.929. The minimum Gasteiger partial charge on any atom is -0.383 e. The highest BCUT2D eigenvalue weighted by Gasteiger charge is 2.33. The highest BCUT2D eigenvalue weighted by molar-refractivity contribution is 5.77. The van der Waals surface area contributed by atoms with Crippen molar-refractivity contribution in [2.45, 2.75) is 51.5 Å². The number of carbonyl (C=O) groups is 1. The predicted molar refractivity (Wildman–Crippen MR) is 73.3 cm³/mol. The van der Waals surface area contributed by atoms with Crippen LogP contribution >= 0.6 is 0 Å². The third-order valence-corrected chi connectivity index (χ3v) is 3.61. The van der Waals surface area contributed by atoms with E-state index in [0.29, 0.717) is 25.5 Å². The molecular weight excluding hydrogens is 228 g/mol. The lowest BCUT2D eigenvalue weighted by Gasteiger charge is -2.29. The number of ether oxygens (including phenoxy) is 1. The maximum Gasteiger partial charge on any atom is 0.224 e. The zero-order chi connectivity index (χ0) is 13.6. The molecule has 0 radical (unpaired) electrons. The maximum atomic E-state index is 12.3. The molecule has 0 saturated heterocycles. The van der Waals surface area contributed by atoms with Crippen LogP contribution < -0.4 is 5.73 Å². The molecule has 106 valence electrons. The Morgan fingerprint density at radius 1 is 1.39 bits per heavy atom. The number of nitrogens with two attached hydrogens (primary N) is 1. The molecule has 0 aliphatic heterocycles. The molecule has 1 aliphatic rings. The summed E-state index contributed by atoms with van der Waals surface area (Å²) in [4.78, 5) is 14.2. The standard InChI is InChI=1S/C14H28N2O2/c1-12(2)11-16(8-9-18-3)13(17)10-14(15)6-4-5-7-14/h12H,4-11,15H2,1-3H3. The molecule has 18 heavy (non-hydrogen) atoms. The molecule has 0 aromatic heterocycles. The molecule has 1 amide bonds. The monoisotopic (exact) mass is 256 g/mol. The van der Waals surface area contributed by atoms with Gasteiger partial charge in [0.05, 0.1) is 6.61 Å². The third-order valence-electron chi connectivity index (χ3n) is 3.61. The zero-order valence-electron chi connectivity index (χ0n) is 12.1. The largest absolute Gasteiger partial charge is 0.383 e. The van der Waals surface area contributed by atoms with Crippen molar-refractivity contribution in [3.05, 3.63) is 0 Å². The SMILES string of the molecule is COCCN(CC(C)C)C(=O)CC1(N)CCCC1. The van der Waals surface area contributed by atoms with Crippen molar-refractivity contribution < 1.29 is 9.53 Å². The van der Waals surface area contributed by atoms with Gasteiger partial charge < -0.3 is 15.4 Å². The summed E-state index contributed by atoms with van der Waals surface area (Å²) in [6, 6.07) is 0. The van der Waals surface area contributed by atoms with Gasteiger partial charge in [-0.15, -0.1) is 0 Å². The average Bonchev–Trinajstić information content (AvgIpc) is 2.70. The van der Waals surface area contributed by atoms with Crippen LogP contribution in [0.4, 0.5) is 0 Å². The van der Waals surface area contributed by atoms with Gasteiger partial charge in [-0.2, -0.15) is 0 Å². The normalized spacial score (nSPS) is 18.3. The average molecular weight is 256 g/mol. The number of carbonyl (C=O) groups excluding carboxylic acids is 1. The second kappa shape index (κ2) is 7.10. The number of nitrogens with zero attached hydrogens (tertiary/aromatic N) is 1. The Hall–Kier alpha value is -0.610.